The number of para-hydroxylation sites is 1. The minimum atomic E-state index is 0.666. The van der Waals surface area contributed by atoms with Gasteiger partial charge in [-0.25, -0.2) is 9.97 Å². The van der Waals surface area contributed by atoms with Crippen molar-refractivity contribution in [1.82, 2.24) is 14.5 Å². The molecule has 220 valence electrons. The summed E-state index contributed by atoms with van der Waals surface area (Å²) in [7, 11) is 0. The van der Waals surface area contributed by atoms with Crippen LogP contribution in [0.2, 0.25) is 0 Å². The largest absolute Gasteiger partial charge is 0.277 e. The summed E-state index contributed by atoms with van der Waals surface area (Å²) in [5.41, 5.74) is 11.5. The van der Waals surface area contributed by atoms with Gasteiger partial charge >= 0.3 is 0 Å². The molecule has 0 bridgehead atoms. The first-order chi connectivity index (χ1) is 23.3. The SMILES string of the molecule is c1ccc(-c2cc(-c3ccccc3)cc(-c3ccc(-c4cnc(-n5c6ccccc6c6ccc7ccccc7c65)nc4)cc3)c2)cc1. The fourth-order valence-corrected chi connectivity index (χ4v) is 6.77. The maximum Gasteiger partial charge on any atom is 0.234 e. The molecule has 0 aliphatic carbocycles. The maximum atomic E-state index is 4.93. The molecule has 0 aliphatic rings. The molecule has 2 heterocycles. The third kappa shape index (κ3) is 4.77. The van der Waals surface area contributed by atoms with E-state index in [0.717, 1.165) is 22.2 Å². The molecule has 3 nitrogen and oxygen atoms in total. The molecule has 0 aliphatic heterocycles. The topological polar surface area (TPSA) is 30.7 Å². The highest BCUT2D eigenvalue weighted by Gasteiger charge is 2.16. The quantitative estimate of drug-likeness (QED) is 0.197. The van der Waals surface area contributed by atoms with Crippen LogP contribution in [0.25, 0.3) is 83.0 Å². The summed E-state index contributed by atoms with van der Waals surface area (Å²) in [6.45, 7) is 0. The molecule has 0 atom stereocenters. The van der Waals surface area contributed by atoms with Gasteiger partial charge in [0.25, 0.3) is 0 Å². The van der Waals surface area contributed by atoms with E-state index in [9.17, 15) is 0 Å². The van der Waals surface area contributed by atoms with Crippen LogP contribution in [0, 0.1) is 0 Å². The average molecular weight is 600 g/mol. The molecule has 0 spiro atoms. The minimum Gasteiger partial charge on any atom is -0.277 e. The number of fused-ring (bicyclic) bond motifs is 5. The van der Waals surface area contributed by atoms with Crippen LogP contribution in [0.15, 0.2) is 176 Å². The van der Waals surface area contributed by atoms with Crippen molar-refractivity contribution in [2.45, 2.75) is 0 Å². The van der Waals surface area contributed by atoms with Crippen LogP contribution < -0.4 is 0 Å². The van der Waals surface area contributed by atoms with Gasteiger partial charge in [0.1, 0.15) is 0 Å². The summed E-state index contributed by atoms with van der Waals surface area (Å²) in [5, 5.41) is 4.79. The summed E-state index contributed by atoms with van der Waals surface area (Å²) < 4.78 is 2.20. The Morgan fingerprint density at radius 3 is 1.45 bits per heavy atom. The van der Waals surface area contributed by atoms with E-state index >= 15 is 0 Å². The van der Waals surface area contributed by atoms with Gasteiger partial charge in [-0.05, 0) is 68.6 Å². The average Bonchev–Trinajstić information content (AvgIpc) is 3.50. The molecular formula is C44H29N3. The Morgan fingerprint density at radius 2 is 0.830 bits per heavy atom. The van der Waals surface area contributed by atoms with Crippen LogP contribution >= 0.6 is 0 Å². The molecular weight excluding hydrogens is 571 g/mol. The van der Waals surface area contributed by atoms with Crippen LogP contribution in [-0.2, 0) is 0 Å². The zero-order chi connectivity index (χ0) is 31.2. The van der Waals surface area contributed by atoms with Crippen LogP contribution in [0.1, 0.15) is 0 Å². The molecule has 2 aromatic heterocycles. The normalized spacial score (nSPS) is 11.4. The van der Waals surface area contributed by atoms with Gasteiger partial charge in [-0.15, -0.1) is 0 Å². The summed E-state index contributed by atoms with van der Waals surface area (Å²) in [4.78, 5) is 9.85. The summed E-state index contributed by atoms with van der Waals surface area (Å²) >= 11 is 0. The van der Waals surface area contributed by atoms with Crippen LogP contribution in [0.5, 0.6) is 0 Å². The summed E-state index contributed by atoms with van der Waals surface area (Å²) in [6.07, 6.45) is 3.87. The Morgan fingerprint density at radius 1 is 0.340 bits per heavy atom. The van der Waals surface area contributed by atoms with Gasteiger partial charge in [0, 0.05) is 34.1 Å². The predicted molar refractivity (Wildman–Crippen MR) is 196 cm³/mol. The first kappa shape index (κ1) is 27.0. The van der Waals surface area contributed by atoms with Gasteiger partial charge in [0.2, 0.25) is 5.95 Å². The van der Waals surface area contributed by atoms with Crippen molar-refractivity contribution >= 4 is 32.6 Å². The third-order valence-corrected chi connectivity index (χ3v) is 9.10. The monoisotopic (exact) mass is 599 g/mol. The molecule has 0 saturated heterocycles. The van der Waals surface area contributed by atoms with Crippen molar-refractivity contribution in [3.05, 3.63) is 176 Å². The molecule has 0 saturated carbocycles. The number of hydrogen-bond donors (Lipinski definition) is 0. The number of nitrogens with zero attached hydrogens (tertiary/aromatic N) is 3. The molecule has 3 heteroatoms. The van der Waals surface area contributed by atoms with Gasteiger partial charge < -0.3 is 0 Å². The third-order valence-electron chi connectivity index (χ3n) is 9.10. The lowest BCUT2D eigenvalue weighted by Crippen LogP contribution is -2.01. The van der Waals surface area contributed by atoms with Gasteiger partial charge in [-0.2, -0.15) is 0 Å². The Labute approximate surface area is 273 Å². The molecule has 9 aromatic rings. The van der Waals surface area contributed by atoms with E-state index < -0.39 is 0 Å². The zero-order valence-corrected chi connectivity index (χ0v) is 25.6. The van der Waals surface area contributed by atoms with E-state index in [1.54, 1.807) is 0 Å². The van der Waals surface area contributed by atoms with Crippen molar-refractivity contribution in [3.8, 4) is 50.5 Å². The molecule has 0 radical (unpaired) electrons. The number of hydrogen-bond acceptors (Lipinski definition) is 2. The second-order valence-electron chi connectivity index (χ2n) is 11.9. The fraction of sp³-hybridized carbons (Fsp3) is 0. The van der Waals surface area contributed by atoms with Crippen molar-refractivity contribution in [3.63, 3.8) is 0 Å². The van der Waals surface area contributed by atoms with E-state index in [1.165, 1.54) is 54.9 Å². The van der Waals surface area contributed by atoms with Gasteiger partial charge in [-0.1, -0.05) is 140 Å². The van der Waals surface area contributed by atoms with E-state index in [0.29, 0.717) is 5.95 Å². The second-order valence-corrected chi connectivity index (χ2v) is 11.9. The summed E-state index contributed by atoms with van der Waals surface area (Å²) in [6, 6.07) is 58.2. The smallest absolute Gasteiger partial charge is 0.234 e. The van der Waals surface area contributed by atoms with E-state index in [-0.39, 0.29) is 0 Å². The number of rotatable bonds is 5. The highest BCUT2D eigenvalue weighted by atomic mass is 15.1. The first-order valence-corrected chi connectivity index (χ1v) is 15.9. The van der Waals surface area contributed by atoms with Crippen molar-refractivity contribution < 1.29 is 0 Å². The predicted octanol–water partition coefficient (Wildman–Crippen LogP) is 11.4. The summed E-state index contributed by atoms with van der Waals surface area (Å²) in [5.74, 6) is 0.666. The molecule has 0 fully saturated rings. The minimum absolute atomic E-state index is 0.666. The van der Waals surface area contributed by atoms with Crippen molar-refractivity contribution in [2.24, 2.45) is 0 Å². The van der Waals surface area contributed by atoms with Gasteiger partial charge in [-0.3, -0.25) is 4.57 Å². The van der Waals surface area contributed by atoms with Crippen molar-refractivity contribution in [1.29, 1.82) is 0 Å². The molecule has 0 N–H and O–H groups in total. The Balaban J connectivity index is 1.09. The van der Waals surface area contributed by atoms with Crippen molar-refractivity contribution in [2.75, 3.05) is 0 Å². The Kier molecular flexibility index (Phi) is 6.46. The molecule has 7 aromatic carbocycles. The first-order valence-electron chi connectivity index (χ1n) is 15.9. The van der Waals surface area contributed by atoms with E-state index in [2.05, 4.69) is 168 Å². The maximum absolute atomic E-state index is 4.93. The highest BCUT2D eigenvalue weighted by Crippen LogP contribution is 2.37. The van der Waals surface area contributed by atoms with Gasteiger partial charge in [0.05, 0.1) is 11.0 Å². The molecule has 0 amide bonds. The highest BCUT2D eigenvalue weighted by molar-refractivity contribution is 6.18. The molecule has 9 rings (SSSR count). The molecule has 47 heavy (non-hydrogen) atoms. The lowest BCUT2D eigenvalue weighted by atomic mass is 9.93. The fourth-order valence-electron chi connectivity index (χ4n) is 6.77. The van der Waals surface area contributed by atoms with Crippen LogP contribution in [0.4, 0.5) is 0 Å². The second kappa shape index (κ2) is 11.2. The standard InChI is InChI=1S/C44H29N3/c1-3-11-30(12-4-1)35-25-36(31-13-5-2-6-14-31)27-37(26-35)32-19-21-33(22-20-32)38-28-45-44(46-29-38)47-42-18-10-9-17-40(42)41-24-23-34-15-7-8-16-39(34)43(41)47/h1-29H. The lowest BCUT2D eigenvalue weighted by molar-refractivity contribution is 0.992. The van der Waals surface area contributed by atoms with Gasteiger partial charge in [0.15, 0.2) is 0 Å². The lowest BCUT2D eigenvalue weighted by Gasteiger charge is -2.12. The van der Waals surface area contributed by atoms with E-state index in [1.807, 2.05) is 12.4 Å². The van der Waals surface area contributed by atoms with E-state index in [4.69, 9.17) is 9.97 Å². The van der Waals surface area contributed by atoms with Crippen LogP contribution in [-0.4, -0.2) is 14.5 Å². The van der Waals surface area contributed by atoms with Crippen LogP contribution in [0.3, 0.4) is 0 Å². The Bertz CT molecular complexity index is 2470. The Hall–Kier alpha value is -6.32. The zero-order valence-electron chi connectivity index (χ0n) is 25.6. The number of benzene rings is 7. The number of aromatic nitrogens is 3. The molecule has 0 unspecified atom stereocenters.